The zero-order valence-corrected chi connectivity index (χ0v) is 14.4. The Hall–Kier alpha value is -0.700. The van der Waals surface area contributed by atoms with Crippen LogP contribution in [0.5, 0.6) is 0 Å². The van der Waals surface area contributed by atoms with Crippen LogP contribution in [0.1, 0.15) is 19.8 Å². The lowest BCUT2D eigenvalue weighted by molar-refractivity contribution is 0.340. The zero-order chi connectivity index (χ0) is 16.5. The molecule has 0 bridgehead atoms. The second-order valence-electron chi connectivity index (χ2n) is 5.25. The van der Waals surface area contributed by atoms with Crippen molar-refractivity contribution in [3.8, 4) is 0 Å². The standard InChI is InChI=1S/C13H17ClFNO4S2/c1-2-6-16(10-5-7-21(17,18)9-10)22(19,20)11-3-4-13(15)12(14)8-11/h3-4,8,10H,2,5-7,9H2,1H3/t10-/m0/s1. The molecule has 1 fully saturated rings. The van der Waals surface area contributed by atoms with Crippen LogP contribution in [0, 0.1) is 5.82 Å². The van der Waals surface area contributed by atoms with Gasteiger partial charge < -0.3 is 0 Å². The number of sulfone groups is 1. The average Bonchev–Trinajstić information content (AvgIpc) is 2.78. The van der Waals surface area contributed by atoms with Gasteiger partial charge >= 0.3 is 0 Å². The molecule has 0 unspecified atom stereocenters. The molecule has 0 saturated carbocycles. The maximum absolute atomic E-state index is 13.2. The normalized spacial score (nSPS) is 21.4. The molecule has 1 aromatic carbocycles. The Labute approximate surface area is 135 Å². The number of hydrogen-bond acceptors (Lipinski definition) is 4. The number of nitrogens with zero attached hydrogens (tertiary/aromatic N) is 1. The third-order valence-electron chi connectivity index (χ3n) is 3.56. The van der Waals surface area contributed by atoms with Crippen molar-refractivity contribution in [1.82, 2.24) is 4.31 Å². The number of halogens is 2. The van der Waals surface area contributed by atoms with Crippen molar-refractivity contribution in [1.29, 1.82) is 0 Å². The van der Waals surface area contributed by atoms with Crippen LogP contribution in [-0.4, -0.2) is 45.2 Å². The highest BCUT2D eigenvalue weighted by molar-refractivity contribution is 7.92. The Kier molecular flexibility index (Phi) is 5.16. The third kappa shape index (κ3) is 3.61. The molecule has 9 heteroatoms. The van der Waals surface area contributed by atoms with Gasteiger partial charge in [-0.2, -0.15) is 4.31 Å². The second kappa shape index (κ2) is 6.43. The SMILES string of the molecule is CCCN([C@H]1CCS(=O)(=O)C1)S(=O)(=O)c1ccc(F)c(Cl)c1. The smallest absolute Gasteiger partial charge is 0.229 e. The lowest BCUT2D eigenvalue weighted by atomic mass is 10.2. The van der Waals surface area contributed by atoms with Crippen molar-refractivity contribution in [3.05, 3.63) is 29.0 Å². The number of sulfonamides is 1. The Morgan fingerprint density at radius 2 is 2.09 bits per heavy atom. The summed E-state index contributed by atoms with van der Waals surface area (Å²) in [4.78, 5) is -0.128. The Bertz CT molecular complexity index is 764. The molecule has 5 nitrogen and oxygen atoms in total. The highest BCUT2D eigenvalue weighted by Crippen LogP contribution is 2.27. The molecule has 1 aromatic rings. The minimum Gasteiger partial charge on any atom is -0.229 e. The maximum atomic E-state index is 13.2. The topological polar surface area (TPSA) is 71.5 Å². The minimum atomic E-state index is -3.92. The molecule has 1 saturated heterocycles. The van der Waals surface area contributed by atoms with Gasteiger partial charge in [0.05, 0.1) is 21.4 Å². The fourth-order valence-electron chi connectivity index (χ4n) is 2.49. The largest absolute Gasteiger partial charge is 0.243 e. The third-order valence-corrected chi connectivity index (χ3v) is 7.55. The Morgan fingerprint density at radius 3 is 2.59 bits per heavy atom. The lowest BCUT2D eigenvalue weighted by Crippen LogP contribution is -2.41. The quantitative estimate of drug-likeness (QED) is 0.796. The van der Waals surface area contributed by atoms with Gasteiger partial charge in [-0.3, -0.25) is 0 Å². The van der Waals surface area contributed by atoms with E-state index in [1.54, 1.807) is 0 Å². The first-order valence-electron chi connectivity index (χ1n) is 6.84. The average molecular weight is 370 g/mol. The molecule has 0 aromatic heterocycles. The van der Waals surface area contributed by atoms with Gasteiger partial charge in [0.1, 0.15) is 5.82 Å². The van der Waals surface area contributed by atoms with Crippen LogP contribution in [0.25, 0.3) is 0 Å². The van der Waals surface area contributed by atoms with Gasteiger partial charge in [0.15, 0.2) is 9.84 Å². The van der Waals surface area contributed by atoms with Gasteiger partial charge in [0.2, 0.25) is 10.0 Å². The molecule has 0 aliphatic carbocycles. The summed E-state index contributed by atoms with van der Waals surface area (Å²) >= 11 is 5.65. The summed E-state index contributed by atoms with van der Waals surface area (Å²) in [7, 11) is -7.13. The van der Waals surface area contributed by atoms with Crippen molar-refractivity contribution in [3.63, 3.8) is 0 Å². The van der Waals surface area contributed by atoms with E-state index in [4.69, 9.17) is 11.6 Å². The zero-order valence-electron chi connectivity index (χ0n) is 12.0. The summed E-state index contributed by atoms with van der Waals surface area (Å²) in [6, 6.07) is 2.60. The van der Waals surface area contributed by atoms with Crippen LogP contribution in [0.4, 0.5) is 4.39 Å². The summed E-state index contributed by atoms with van der Waals surface area (Å²) in [5.74, 6) is -0.898. The Balaban J connectivity index is 2.40. The summed E-state index contributed by atoms with van der Waals surface area (Å²) in [6.45, 7) is 2.02. The van der Waals surface area contributed by atoms with Crippen LogP contribution in [-0.2, 0) is 19.9 Å². The fourth-order valence-corrected chi connectivity index (χ4v) is 6.34. The maximum Gasteiger partial charge on any atom is 0.243 e. The molecule has 1 heterocycles. The predicted molar refractivity (Wildman–Crippen MR) is 82.7 cm³/mol. The van der Waals surface area contributed by atoms with E-state index in [2.05, 4.69) is 0 Å². The van der Waals surface area contributed by atoms with Crippen molar-refractivity contribution in [2.24, 2.45) is 0 Å². The second-order valence-corrected chi connectivity index (χ2v) is 9.78. The van der Waals surface area contributed by atoms with Crippen LogP contribution >= 0.6 is 11.6 Å². The molecule has 1 atom stereocenters. The Morgan fingerprint density at radius 1 is 1.41 bits per heavy atom. The van der Waals surface area contributed by atoms with Gasteiger partial charge in [0, 0.05) is 12.6 Å². The summed E-state index contributed by atoms with van der Waals surface area (Å²) in [5, 5.41) is -0.281. The molecule has 0 N–H and O–H groups in total. The van der Waals surface area contributed by atoms with E-state index in [0.717, 1.165) is 18.2 Å². The highest BCUT2D eigenvalue weighted by Gasteiger charge is 2.38. The lowest BCUT2D eigenvalue weighted by Gasteiger charge is -2.27. The first kappa shape index (κ1) is 17.7. The number of hydrogen-bond donors (Lipinski definition) is 0. The van der Waals surface area contributed by atoms with Crippen LogP contribution in [0.2, 0.25) is 5.02 Å². The van der Waals surface area contributed by atoms with Crippen molar-refractivity contribution in [2.45, 2.75) is 30.7 Å². The fraction of sp³-hybridized carbons (Fsp3) is 0.538. The van der Waals surface area contributed by atoms with Crippen molar-refractivity contribution < 1.29 is 21.2 Å². The van der Waals surface area contributed by atoms with Gasteiger partial charge in [-0.1, -0.05) is 18.5 Å². The molecule has 2 rings (SSSR count). The molecule has 22 heavy (non-hydrogen) atoms. The van der Waals surface area contributed by atoms with E-state index in [9.17, 15) is 21.2 Å². The first-order chi connectivity index (χ1) is 10.2. The van der Waals surface area contributed by atoms with Crippen LogP contribution in [0.15, 0.2) is 23.1 Å². The first-order valence-corrected chi connectivity index (χ1v) is 10.5. The monoisotopic (exact) mass is 369 g/mol. The molecule has 124 valence electrons. The van der Waals surface area contributed by atoms with Crippen molar-refractivity contribution in [2.75, 3.05) is 18.1 Å². The molecular formula is C13H17ClFNO4S2. The van der Waals surface area contributed by atoms with E-state index in [1.807, 2.05) is 6.92 Å². The molecule has 0 spiro atoms. The molecule has 0 amide bonds. The summed E-state index contributed by atoms with van der Waals surface area (Å²) in [5.41, 5.74) is 0. The molecule has 1 aliphatic rings. The van der Waals surface area contributed by atoms with E-state index >= 15 is 0 Å². The highest BCUT2D eigenvalue weighted by atomic mass is 35.5. The number of rotatable bonds is 5. The van der Waals surface area contributed by atoms with E-state index in [1.165, 1.54) is 4.31 Å². The minimum absolute atomic E-state index is 0.0163. The van der Waals surface area contributed by atoms with Gasteiger partial charge in [0.25, 0.3) is 0 Å². The van der Waals surface area contributed by atoms with Crippen LogP contribution in [0.3, 0.4) is 0 Å². The van der Waals surface area contributed by atoms with E-state index < -0.39 is 31.7 Å². The summed E-state index contributed by atoms with van der Waals surface area (Å²) < 4.78 is 63.1. The molecular weight excluding hydrogens is 353 g/mol. The van der Waals surface area contributed by atoms with Gasteiger partial charge in [-0.25, -0.2) is 21.2 Å². The van der Waals surface area contributed by atoms with E-state index in [-0.39, 0.29) is 34.4 Å². The summed E-state index contributed by atoms with van der Waals surface area (Å²) in [6.07, 6.45) is 0.821. The van der Waals surface area contributed by atoms with Gasteiger partial charge in [-0.15, -0.1) is 0 Å². The van der Waals surface area contributed by atoms with Gasteiger partial charge in [-0.05, 0) is 31.0 Å². The van der Waals surface area contributed by atoms with Crippen molar-refractivity contribution >= 4 is 31.5 Å². The predicted octanol–water partition coefficient (Wildman–Crippen LogP) is 2.07. The number of benzene rings is 1. The van der Waals surface area contributed by atoms with Crippen LogP contribution < -0.4 is 0 Å². The van der Waals surface area contributed by atoms with E-state index in [0.29, 0.717) is 6.42 Å². The molecule has 1 aliphatic heterocycles. The molecule has 0 radical (unpaired) electrons.